The molecular weight excluding hydrogens is 296 g/mol. The maximum absolute atomic E-state index is 5.77. The van der Waals surface area contributed by atoms with Gasteiger partial charge in [-0.3, -0.25) is 0 Å². The second-order valence-corrected chi connectivity index (χ2v) is 5.93. The summed E-state index contributed by atoms with van der Waals surface area (Å²) < 4.78 is 18.1. The quantitative estimate of drug-likeness (QED) is 0.853. The Morgan fingerprint density at radius 1 is 1.33 bits per heavy atom. The fourth-order valence-electron chi connectivity index (χ4n) is 2.02. The Morgan fingerprint density at radius 2 is 1.94 bits per heavy atom. The normalized spacial score (nSPS) is 22.2. The Balaban J connectivity index is 1.95. The summed E-state index contributed by atoms with van der Waals surface area (Å²) in [5.74, 6) is 0.390. The van der Waals surface area contributed by atoms with Crippen molar-refractivity contribution in [1.29, 1.82) is 0 Å². The van der Waals surface area contributed by atoms with Crippen LogP contribution < -0.4 is 4.74 Å². The monoisotopic (exact) mass is 314 g/mol. The third-order valence-corrected chi connectivity index (χ3v) is 4.16. The van der Waals surface area contributed by atoms with E-state index in [0.29, 0.717) is 13.2 Å². The summed E-state index contributed by atoms with van der Waals surface area (Å²) in [6.07, 6.45) is 0.00394. The van der Waals surface area contributed by atoms with Gasteiger partial charge in [0.15, 0.2) is 5.79 Å². The summed E-state index contributed by atoms with van der Waals surface area (Å²) in [5.41, 5.74) is 2.35. The fraction of sp³-hybridized carbons (Fsp3) is 0.571. The van der Waals surface area contributed by atoms with Crippen molar-refractivity contribution in [3.05, 3.63) is 27.7 Å². The Hall–Kier alpha value is -0.580. The molecule has 1 aromatic carbocycles. The molecular formula is C14H19BrO3. The molecule has 0 radical (unpaired) electrons. The van der Waals surface area contributed by atoms with Crippen LogP contribution in [0.3, 0.4) is 0 Å². The maximum atomic E-state index is 5.77. The van der Waals surface area contributed by atoms with Gasteiger partial charge in [0.05, 0.1) is 6.61 Å². The highest BCUT2D eigenvalue weighted by Gasteiger charge is 2.32. The number of aryl methyl sites for hydroxylation is 2. The number of rotatable bonds is 3. The molecule has 0 spiro atoms. The van der Waals surface area contributed by atoms with Gasteiger partial charge in [-0.2, -0.15) is 0 Å². The summed E-state index contributed by atoms with van der Waals surface area (Å²) in [7, 11) is 0. The molecule has 3 nitrogen and oxygen atoms in total. The first kappa shape index (κ1) is 13.8. The maximum Gasteiger partial charge on any atom is 0.163 e. The number of ether oxygens (including phenoxy) is 3. The molecule has 1 atom stereocenters. The molecule has 0 aliphatic carbocycles. The molecule has 1 heterocycles. The Bertz CT molecular complexity index is 420. The lowest BCUT2D eigenvalue weighted by Gasteiger charge is -2.17. The van der Waals surface area contributed by atoms with Gasteiger partial charge >= 0.3 is 0 Å². The molecule has 0 aromatic heterocycles. The van der Waals surface area contributed by atoms with Crippen LogP contribution in [-0.4, -0.2) is 25.1 Å². The van der Waals surface area contributed by atoms with Crippen LogP contribution in [0, 0.1) is 13.8 Å². The summed E-state index contributed by atoms with van der Waals surface area (Å²) in [5, 5.41) is 0. The molecule has 0 amide bonds. The first-order chi connectivity index (χ1) is 8.37. The fourth-order valence-corrected chi connectivity index (χ4v) is 2.25. The first-order valence-corrected chi connectivity index (χ1v) is 6.88. The molecule has 1 saturated heterocycles. The summed E-state index contributed by atoms with van der Waals surface area (Å²) in [4.78, 5) is 0. The molecule has 1 aromatic rings. The number of halogens is 1. The van der Waals surface area contributed by atoms with E-state index in [1.54, 1.807) is 0 Å². The molecule has 0 bridgehead atoms. The van der Waals surface area contributed by atoms with Crippen LogP contribution in [0.1, 0.15) is 25.0 Å². The largest absolute Gasteiger partial charge is 0.491 e. The smallest absolute Gasteiger partial charge is 0.163 e. The second-order valence-electron chi connectivity index (χ2n) is 5.13. The molecule has 1 aliphatic heterocycles. The first-order valence-electron chi connectivity index (χ1n) is 6.09. The predicted molar refractivity (Wildman–Crippen MR) is 74.0 cm³/mol. The van der Waals surface area contributed by atoms with Crippen molar-refractivity contribution in [2.45, 2.75) is 39.6 Å². The van der Waals surface area contributed by atoms with Gasteiger partial charge in [-0.1, -0.05) is 15.9 Å². The van der Waals surface area contributed by atoms with Gasteiger partial charge in [0.25, 0.3) is 0 Å². The molecule has 0 N–H and O–H groups in total. The molecule has 2 rings (SSSR count). The highest BCUT2D eigenvalue weighted by molar-refractivity contribution is 9.10. The Labute approximate surface area is 117 Å². The Kier molecular flexibility index (Phi) is 3.99. The van der Waals surface area contributed by atoms with Crippen molar-refractivity contribution in [1.82, 2.24) is 0 Å². The third-order valence-electron chi connectivity index (χ3n) is 2.91. The highest BCUT2D eigenvalue weighted by atomic mass is 79.9. The van der Waals surface area contributed by atoms with Crippen LogP contribution in [0.2, 0.25) is 0 Å². The Morgan fingerprint density at radius 3 is 2.44 bits per heavy atom. The standard InChI is InChI=1S/C14H19BrO3/c1-9-5-11(6-10(2)13(9)15)16-7-12-8-17-14(3,4)18-12/h5-6,12H,7-8H2,1-4H3. The van der Waals surface area contributed by atoms with Gasteiger partial charge in [0.2, 0.25) is 0 Å². The molecule has 18 heavy (non-hydrogen) atoms. The predicted octanol–water partition coefficient (Wildman–Crippen LogP) is 3.60. The van der Waals surface area contributed by atoms with Crippen molar-refractivity contribution >= 4 is 15.9 Å². The zero-order chi connectivity index (χ0) is 13.3. The van der Waals surface area contributed by atoms with Crippen LogP contribution in [0.5, 0.6) is 5.75 Å². The summed E-state index contributed by atoms with van der Waals surface area (Å²) in [6, 6.07) is 4.05. The van der Waals surface area contributed by atoms with Crippen LogP contribution in [0.4, 0.5) is 0 Å². The SMILES string of the molecule is Cc1cc(OCC2COC(C)(C)O2)cc(C)c1Br. The van der Waals surface area contributed by atoms with Crippen molar-refractivity contribution in [3.8, 4) is 5.75 Å². The van der Waals surface area contributed by atoms with E-state index in [0.717, 1.165) is 10.2 Å². The summed E-state index contributed by atoms with van der Waals surface area (Å²) in [6.45, 7) is 9.05. The van der Waals surface area contributed by atoms with Gasteiger partial charge in [-0.05, 0) is 51.0 Å². The van der Waals surface area contributed by atoms with Crippen LogP contribution in [0.25, 0.3) is 0 Å². The van der Waals surface area contributed by atoms with E-state index >= 15 is 0 Å². The molecule has 1 fully saturated rings. The molecule has 1 unspecified atom stereocenters. The number of hydrogen-bond acceptors (Lipinski definition) is 3. The van der Waals surface area contributed by atoms with Crippen molar-refractivity contribution < 1.29 is 14.2 Å². The molecule has 1 aliphatic rings. The van der Waals surface area contributed by atoms with Gasteiger partial charge in [-0.15, -0.1) is 0 Å². The van der Waals surface area contributed by atoms with E-state index in [-0.39, 0.29) is 6.10 Å². The zero-order valence-electron chi connectivity index (χ0n) is 11.2. The van der Waals surface area contributed by atoms with Gasteiger partial charge in [-0.25, -0.2) is 0 Å². The van der Waals surface area contributed by atoms with Gasteiger partial charge < -0.3 is 14.2 Å². The molecule has 100 valence electrons. The second kappa shape index (κ2) is 5.19. The van der Waals surface area contributed by atoms with Crippen LogP contribution >= 0.6 is 15.9 Å². The van der Waals surface area contributed by atoms with Gasteiger partial charge in [0, 0.05) is 4.47 Å². The van der Waals surface area contributed by atoms with E-state index in [2.05, 4.69) is 29.8 Å². The topological polar surface area (TPSA) is 27.7 Å². The van der Waals surface area contributed by atoms with Crippen LogP contribution in [-0.2, 0) is 9.47 Å². The van der Waals surface area contributed by atoms with Gasteiger partial charge in [0.1, 0.15) is 18.5 Å². The van der Waals surface area contributed by atoms with E-state index in [1.807, 2.05) is 26.0 Å². The lowest BCUT2D eigenvalue weighted by molar-refractivity contribution is -0.141. The lowest BCUT2D eigenvalue weighted by Crippen LogP contribution is -2.25. The minimum atomic E-state index is -0.487. The minimum absolute atomic E-state index is 0.00394. The van der Waals surface area contributed by atoms with Crippen molar-refractivity contribution in [3.63, 3.8) is 0 Å². The minimum Gasteiger partial charge on any atom is -0.491 e. The van der Waals surface area contributed by atoms with E-state index < -0.39 is 5.79 Å². The third kappa shape index (κ3) is 3.25. The van der Waals surface area contributed by atoms with Crippen molar-refractivity contribution in [2.24, 2.45) is 0 Å². The van der Waals surface area contributed by atoms with E-state index in [4.69, 9.17) is 14.2 Å². The zero-order valence-corrected chi connectivity index (χ0v) is 12.8. The average molecular weight is 315 g/mol. The molecule has 4 heteroatoms. The molecule has 0 saturated carbocycles. The van der Waals surface area contributed by atoms with Crippen molar-refractivity contribution in [2.75, 3.05) is 13.2 Å². The highest BCUT2D eigenvalue weighted by Crippen LogP contribution is 2.27. The lowest BCUT2D eigenvalue weighted by atomic mass is 10.1. The summed E-state index contributed by atoms with van der Waals surface area (Å²) >= 11 is 3.55. The number of benzene rings is 1. The van der Waals surface area contributed by atoms with E-state index in [1.165, 1.54) is 11.1 Å². The van der Waals surface area contributed by atoms with Crippen LogP contribution in [0.15, 0.2) is 16.6 Å². The van der Waals surface area contributed by atoms with E-state index in [9.17, 15) is 0 Å². The number of hydrogen-bond donors (Lipinski definition) is 0. The average Bonchev–Trinajstić information content (AvgIpc) is 2.63.